The van der Waals surface area contributed by atoms with Crippen molar-refractivity contribution in [3.8, 4) is 0 Å². The molecule has 2 aliphatic rings. The molecule has 12 heavy (non-hydrogen) atoms. The minimum atomic E-state index is -3.15. The number of nitrogens with zero attached hydrogens (tertiary/aromatic N) is 2. The van der Waals surface area contributed by atoms with Gasteiger partial charge in [0.05, 0.1) is 12.3 Å². The Labute approximate surface area is 71.5 Å². The summed E-state index contributed by atoms with van der Waals surface area (Å²) in [5, 5.41) is 3.08. The van der Waals surface area contributed by atoms with Crippen molar-refractivity contribution in [3.63, 3.8) is 0 Å². The van der Waals surface area contributed by atoms with E-state index in [0.29, 0.717) is 18.9 Å². The topological polar surface area (TPSA) is 61.8 Å². The van der Waals surface area contributed by atoms with E-state index in [9.17, 15) is 8.42 Å². The molecule has 0 atom stereocenters. The third-order valence-corrected chi connectivity index (χ3v) is 3.26. The Balaban J connectivity index is 2.29. The fourth-order valence-electron chi connectivity index (χ4n) is 1.42. The van der Waals surface area contributed by atoms with Crippen molar-refractivity contribution in [1.82, 2.24) is 10.2 Å². The van der Waals surface area contributed by atoms with Crippen LogP contribution in [0.2, 0.25) is 0 Å². The van der Waals surface area contributed by atoms with Crippen LogP contribution in [0.1, 0.15) is 0 Å². The van der Waals surface area contributed by atoms with Gasteiger partial charge in [-0.3, -0.25) is 0 Å². The SMILES string of the molecule is O=S1(=O)CCN2CCNCC2=N1. The van der Waals surface area contributed by atoms with E-state index in [2.05, 4.69) is 9.71 Å². The molecule has 0 radical (unpaired) electrons. The van der Waals surface area contributed by atoms with Gasteiger partial charge in [-0.2, -0.15) is 0 Å². The summed E-state index contributed by atoms with van der Waals surface area (Å²) in [6.45, 7) is 2.97. The molecule has 0 bridgehead atoms. The predicted octanol–water partition coefficient (Wildman–Crippen LogP) is -1.37. The van der Waals surface area contributed by atoms with Gasteiger partial charge in [-0.15, -0.1) is 4.40 Å². The Hall–Kier alpha value is -0.620. The molecule has 1 fully saturated rings. The van der Waals surface area contributed by atoms with Gasteiger partial charge >= 0.3 is 0 Å². The quantitative estimate of drug-likeness (QED) is 0.511. The van der Waals surface area contributed by atoms with E-state index in [1.54, 1.807) is 0 Å². The molecule has 1 N–H and O–H groups in total. The normalized spacial score (nSPS) is 27.7. The summed E-state index contributed by atoms with van der Waals surface area (Å²) < 4.78 is 25.8. The summed E-state index contributed by atoms with van der Waals surface area (Å²) >= 11 is 0. The van der Waals surface area contributed by atoms with Gasteiger partial charge in [0, 0.05) is 19.6 Å². The lowest BCUT2D eigenvalue weighted by atomic mass is 10.3. The number of fused-ring (bicyclic) bond motifs is 1. The van der Waals surface area contributed by atoms with Crippen molar-refractivity contribution in [2.45, 2.75) is 0 Å². The Morgan fingerprint density at radius 1 is 1.42 bits per heavy atom. The first-order valence-electron chi connectivity index (χ1n) is 3.94. The lowest BCUT2D eigenvalue weighted by Crippen LogP contribution is -2.51. The van der Waals surface area contributed by atoms with Crippen molar-refractivity contribution >= 4 is 15.9 Å². The van der Waals surface area contributed by atoms with E-state index >= 15 is 0 Å². The number of hydrogen-bond donors (Lipinski definition) is 1. The standard InChI is InChI=1S/C6H11N3O2S/c10-12(11)4-3-9-2-1-7-5-6(9)8-12/h7H,1-5H2. The number of nitrogens with one attached hydrogen (secondary N) is 1. The fraction of sp³-hybridized carbons (Fsp3) is 0.833. The van der Waals surface area contributed by atoms with E-state index in [1.165, 1.54) is 0 Å². The first-order chi connectivity index (χ1) is 5.67. The summed E-state index contributed by atoms with van der Waals surface area (Å²) in [4.78, 5) is 2.03. The van der Waals surface area contributed by atoms with Crippen molar-refractivity contribution in [1.29, 1.82) is 0 Å². The van der Waals surface area contributed by atoms with E-state index < -0.39 is 10.0 Å². The summed E-state index contributed by atoms with van der Waals surface area (Å²) in [6, 6.07) is 0. The second kappa shape index (κ2) is 2.70. The third kappa shape index (κ3) is 1.44. The number of rotatable bonds is 0. The van der Waals surface area contributed by atoms with Gasteiger partial charge in [-0.1, -0.05) is 0 Å². The molecule has 0 aliphatic carbocycles. The largest absolute Gasteiger partial charge is 0.356 e. The lowest BCUT2D eigenvalue weighted by molar-refractivity contribution is 0.392. The smallest absolute Gasteiger partial charge is 0.256 e. The van der Waals surface area contributed by atoms with Crippen LogP contribution >= 0.6 is 0 Å². The first kappa shape index (κ1) is 8.00. The van der Waals surface area contributed by atoms with Crippen LogP contribution in [-0.2, 0) is 10.0 Å². The van der Waals surface area contributed by atoms with Crippen LogP contribution in [0.3, 0.4) is 0 Å². The van der Waals surface area contributed by atoms with E-state index in [-0.39, 0.29) is 5.75 Å². The zero-order chi connectivity index (χ0) is 8.60. The van der Waals surface area contributed by atoms with Crippen LogP contribution < -0.4 is 5.32 Å². The van der Waals surface area contributed by atoms with Crippen LogP contribution in [0.4, 0.5) is 0 Å². The van der Waals surface area contributed by atoms with Crippen LogP contribution in [0.5, 0.6) is 0 Å². The number of amidine groups is 1. The summed E-state index contributed by atoms with van der Waals surface area (Å²) in [7, 11) is -3.15. The zero-order valence-electron chi connectivity index (χ0n) is 6.65. The molecule has 6 heteroatoms. The van der Waals surface area contributed by atoms with Crippen LogP contribution in [0.15, 0.2) is 4.40 Å². The molecule has 0 amide bonds. The highest BCUT2D eigenvalue weighted by atomic mass is 32.2. The molecule has 2 heterocycles. The second-order valence-electron chi connectivity index (χ2n) is 2.96. The van der Waals surface area contributed by atoms with Crippen molar-refractivity contribution in [2.75, 3.05) is 31.9 Å². The van der Waals surface area contributed by atoms with Crippen molar-refractivity contribution < 1.29 is 8.42 Å². The van der Waals surface area contributed by atoms with Gasteiger partial charge in [0.25, 0.3) is 10.0 Å². The minimum Gasteiger partial charge on any atom is -0.356 e. The Kier molecular flexibility index (Phi) is 1.80. The number of sulfonamides is 1. The Morgan fingerprint density at radius 3 is 3.08 bits per heavy atom. The predicted molar refractivity (Wildman–Crippen MR) is 45.7 cm³/mol. The first-order valence-corrected chi connectivity index (χ1v) is 5.55. The van der Waals surface area contributed by atoms with E-state index in [1.807, 2.05) is 4.90 Å². The van der Waals surface area contributed by atoms with Gasteiger partial charge in [0.1, 0.15) is 5.84 Å². The van der Waals surface area contributed by atoms with E-state index in [4.69, 9.17) is 0 Å². The van der Waals surface area contributed by atoms with Crippen molar-refractivity contribution in [3.05, 3.63) is 0 Å². The molecule has 1 saturated heterocycles. The Morgan fingerprint density at radius 2 is 2.25 bits per heavy atom. The molecular formula is C6H11N3O2S. The van der Waals surface area contributed by atoms with Crippen LogP contribution in [0.25, 0.3) is 0 Å². The second-order valence-corrected chi connectivity index (χ2v) is 4.71. The average molecular weight is 189 g/mol. The van der Waals surface area contributed by atoms with E-state index in [0.717, 1.165) is 13.1 Å². The molecule has 2 rings (SSSR count). The van der Waals surface area contributed by atoms with Gasteiger partial charge in [-0.05, 0) is 0 Å². The number of hydrogen-bond acceptors (Lipinski definition) is 4. The average Bonchev–Trinajstić information content (AvgIpc) is 2.02. The monoisotopic (exact) mass is 189 g/mol. The highest BCUT2D eigenvalue weighted by Crippen LogP contribution is 2.07. The maximum atomic E-state index is 11.1. The maximum Gasteiger partial charge on any atom is 0.256 e. The maximum absolute atomic E-state index is 11.1. The highest BCUT2D eigenvalue weighted by molar-refractivity contribution is 7.90. The van der Waals surface area contributed by atoms with Crippen LogP contribution in [-0.4, -0.2) is 51.1 Å². The molecule has 0 saturated carbocycles. The third-order valence-electron chi connectivity index (χ3n) is 2.07. The highest BCUT2D eigenvalue weighted by Gasteiger charge is 2.25. The molecule has 0 spiro atoms. The lowest BCUT2D eigenvalue weighted by Gasteiger charge is -2.32. The molecule has 0 unspecified atom stereocenters. The molecule has 68 valence electrons. The summed E-state index contributed by atoms with van der Waals surface area (Å²) in [5.41, 5.74) is 0. The van der Waals surface area contributed by atoms with Crippen LogP contribution in [0, 0.1) is 0 Å². The molecule has 0 aromatic heterocycles. The summed E-state index contributed by atoms with van der Waals surface area (Å²) in [5.74, 6) is 0.837. The summed E-state index contributed by atoms with van der Waals surface area (Å²) in [6.07, 6.45) is 0. The zero-order valence-corrected chi connectivity index (χ0v) is 7.47. The molecular weight excluding hydrogens is 178 g/mol. The van der Waals surface area contributed by atoms with Gasteiger partial charge in [-0.25, -0.2) is 8.42 Å². The molecule has 0 aromatic rings. The molecule has 5 nitrogen and oxygen atoms in total. The van der Waals surface area contributed by atoms with Gasteiger partial charge < -0.3 is 10.2 Å². The van der Waals surface area contributed by atoms with Crippen molar-refractivity contribution in [2.24, 2.45) is 4.40 Å². The molecule has 0 aromatic carbocycles. The Bertz CT molecular complexity index is 309. The minimum absolute atomic E-state index is 0.163. The van der Waals surface area contributed by atoms with Gasteiger partial charge in [0.2, 0.25) is 0 Å². The number of piperazine rings is 1. The van der Waals surface area contributed by atoms with Gasteiger partial charge in [0.15, 0.2) is 0 Å². The fourth-order valence-corrected chi connectivity index (χ4v) is 2.46. The molecule has 2 aliphatic heterocycles.